The molecule has 1 amide bonds. The van der Waals surface area contributed by atoms with E-state index in [4.69, 9.17) is 56.3 Å². The highest BCUT2D eigenvalue weighted by Gasteiger charge is 2.37. The van der Waals surface area contributed by atoms with Crippen LogP contribution in [0.5, 0.6) is 0 Å². The van der Waals surface area contributed by atoms with Crippen LogP contribution >= 0.6 is 11.6 Å². The summed E-state index contributed by atoms with van der Waals surface area (Å²) < 4.78 is 7.46. The van der Waals surface area contributed by atoms with E-state index in [9.17, 15) is 4.79 Å². The molecule has 1 aliphatic heterocycles. The lowest BCUT2D eigenvalue weighted by atomic mass is 9.95. The lowest BCUT2D eigenvalue weighted by Crippen LogP contribution is -2.56. The fourth-order valence-corrected chi connectivity index (χ4v) is 5.11. The minimum atomic E-state index is -1.83. The maximum atomic E-state index is 13.4. The van der Waals surface area contributed by atoms with Crippen molar-refractivity contribution in [2.75, 3.05) is 31.2 Å². The number of amides is 1. The quantitative estimate of drug-likeness (QED) is 0.269. The number of anilines is 1. The molecule has 0 saturated carbocycles. The molecule has 0 atom stereocenters. The van der Waals surface area contributed by atoms with Gasteiger partial charge in [0.25, 0.3) is 5.91 Å². The van der Waals surface area contributed by atoms with Crippen LogP contribution in [0, 0.1) is 5.92 Å². The smallest absolute Gasteiger partial charge is 0.450 e. The second kappa shape index (κ2) is 15.1. The third-order valence-corrected chi connectivity index (χ3v) is 6.32. The summed E-state index contributed by atoms with van der Waals surface area (Å²) in [5.74, 6) is 1.43. The Kier molecular flexibility index (Phi) is 12.4. The number of nitrogens with zero attached hydrogens (tertiary/aromatic N) is 8. The lowest BCUT2D eigenvalue weighted by Gasteiger charge is -2.45. The van der Waals surface area contributed by atoms with E-state index in [0.717, 1.165) is 0 Å². The van der Waals surface area contributed by atoms with Gasteiger partial charge in [0.1, 0.15) is 0 Å². The normalized spacial score (nSPS) is 13.4. The van der Waals surface area contributed by atoms with Crippen LogP contribution in [-0.4, -0.2) is 110 Å². The average Bonchev–Trinajstić information content (AvgIpc) is 3.20. The monoisotopic (exact) mass is 652 g/mol. The number of hydrogen-bond acceptors (Lipinski definition) is 10. The SMILES string of the molecule is CC(C)Cn1c(Cl)nc2c(N3CCOCC3)nc(-c3cnc(C(=O)N(C(C)(C)C)C(C)(C)C)nc3)nc21.O=C(O)O.O=C(O)O. The van der Waals surface area contributed by atoms with Crippen molar-refractivity contribution in [3.05, 3.63) is 23.5 Å². The third-order valence-electron chi connectivity index (χ3n) is 6.03. The molecule has 4 heterocycles. The fraction of sp³-hybridized carbons (Fsp3) is 0.571. The van der Waals surface area contributed by atoms with Gasteiger partial charge < -0.3 is 35.0 Å². The van der Waals surface area contributed by atoms with Crippen molar-refractivity contribution in [3.63, 3.8) is 0 Å². The molecule has 1 saturated heterocycles. The molecule has 17 heteroatoms. The van der Waals surface area contributed by atoms with E-state index < -0.39 is 23.4 Å². The topological polar surface area (TPSA) is 217 Å². The highest BCUT2D eigenvalue weighted by molar-refractivity contribution is 6.29. The van der Waals surface area contributed by atoms with Crippen LogP contribution in [0.15, 0.2) is 12.4 Å². The van der Waals surface area contributed by atoms with Crippen LogP contribution in [0.1, 0.15) is 66.0 Å². The Morgan fingerprint density at radius 1 is 0.911 bits per heavy atom. The molecule has 0 aromatic carbocycles. The van der Waals surface area contributed by atoms with E-state index >= 15 is 0 Å². The zero-order valence-electron chi connectivity index (χ0n) is 26.6. The van der Waals surface area contributed by atoms with E-state index in [1.807, 2.05) is 46.1 Å². The molecular formula is C28H41ClN8O8. The molecule has 0 spiro atoms. The Bertz CT molecular complexity index is 1440. The molecule has 0 bridgehead atoms. The molecule has 4 N–H and O–H groups in total. The lowest BCUT2D eigenvalue weighted by molar-refractivity contribution is 0.0258. The number of rotatable bonds is 5. The second-order valence-corrected chi connectivity index (χ2v) is 12.7. The Morgan fingerprint density at radius 3 is 1.84 bits per heavy atom. The van der Waals surface area contributed by atoms with Crippen molar-refractivity contribution in [2.24, 2.45) is 5.92 Å². The number of halogens is 1. The molecule has 0 unspecified atom stereocenters. The molecule has 248 valence electrons. The van der Waals surface area contributed by atoms with Crippen molar-refractivity contribution in [1.29, 1.82) is 0 Å². The summed E-state index contributed by atoms with van der Waals surface area (Å²) in [5.41, 5.74) is 1.14. The highest BCUT2D eigenvalue weighted by Crippen LogP contribution is 2.31. The maximum Gasteiger partial charge on any atom is 0.503 e. The van der Waals surface area contributed by atoms with E-state index in [1.54, 1.807) is 17.3 Å². The first kappa shape index (κ1) is 36.9. The first-order chi connectivity index (χ1) is 20.7. The molecule has 0 radical (unpaired) electrons. The summed E-state index contributed by atoms with van der Waals surface area (Å²) in [4.78, 5) is 57.6. The summed E-state index contributed by atoms with van der Waals surface area (Å²) in [5, 5.41) is 28.3. The molecule has 45 heavy (non-hydrogen) atoms. The summed E-state index contributed by atoms with van der Waals surface area (Å²) >= 11 is 6.55. The number of ether oxygens (including phenoxy) is 1. The summed E-state index contributed by atoms with van der Waals surface area (Å²) in [7, 11) is 0. The van der Waals surface area contributed by atoms with Crippen LogP contribution in [0.3, 0.4) is 0 Å². The summed E-state index contributed by atoms with van der Waals surface area (Å²) in [6.07, 6.45) is -0.447. The minimum Gasteiger partial charge on any atom is -0.450 e. The average molecular weight is 653 g/mol. The Balaban J connectivity index is 0.000000789. The molecule has 3 aromatic rings. The van der Waals surface area contributed by atoms with Crippen molar-refractivity contribution in [1.82, 2.24) is 34.4 Å². The third kappa shape index (κ3) is 10.4. The van der Waals surface area contributed by atoms with Crippen molar-refractivity contribution < 1.29 is 39.5 Å². The Labute approximate surface area is 265 Å². The van der Waals surface area contributed by atoms with Crippen LogP contribution in [0.2, 0.25) is 5.28 Å². The predicted octanol–water partition coefficient (Wildman–Crippen LogP) is 4.91. The van der Waals surface area contributed by atoms with Gasteiger partial charge in [-0.1, -0.05) is 13.8 Å². The molecule has 16 nitrogen and oxygen atoms in total. The number of imidazole rings is 1. The standard InChI is InChI=1S/C26H37ClN8O2.2CH2O3/c1-16(2)15-34-22-18(30-24(34)27)21(33-9-11-37-12-10-33)31-19(32-22)17-13-28-20(29-14-17)23(36)35(25(3,4)5)26(6,7)8;2*2-1(3)4/h13-14,16H,9-12,15H2,1-8H3;2*(H2,2,3,4). The number of carboxylic acid groups (broad SMARTS) is 4. The maximum absolute atomic E-state index is 13.4. The van der Waals surface area contributed by atoms with Gasteiger partial charge in [-0.2, -0.15) is 0 Å². The molecule has 0 aliphatic carbocycles. The summed E-state index contributed by atoms with van der Waals surface area (Å²) in [6.45, 7) is 19.6. The van der Waals surface area contributed by atoms with Gasteiger partial charge in [0, 0.05) is 43.1 Å². The number of aromatic nitrogens is 6. The van der Waals surface area contributed by atoms with E-state index in [1.165, 1.54) is 0 Å². The number of fused-ring (bicyclic) bond motifs is 1. The van der Waals surface area contributed by atoms with Crippen molar-refractivity contribution >= 4 is 46.8 Å². The van der Waals surface area contributed by atoms with Gasteiger partial charge in [-0.05, 0) is 59.1 Å². The Hall–Kier alpha value is -4.31. The van der Waals surface area contributed by atoms with Crippen LogP contribution in [-0.2, 0) is 11.3 Å². The largest absolute Gasteiger partial charge is 0.503 e. The molecule has 1 aliphatic rings. The molecule has 3 aromatic heterocycles. The van der Waals surface area contributed by atoms with E-state index in [0.29, 0.717) is 72.4 Å². The van der Waals surface area contributed by atoms with Crippen LogP contribution < -0.4 is 4.90 Å². The molecule has 4 rings (SSSR count). The van der Waals surface area contributed by atoms with Gasteiger partial charge in [-0.25, -0.2) is 34.5 Å². The number of carbonyl (C=O) groups is 3. The van der Waals surface area contributed by atoms with Crippen LogP contribution in [0.25, 0.3) is 22.6 Å². The fourth-order valence-electron chi connectivity index (χ4n) is 4.88. The first-order valence-electron chi connectivity index (χ1n) is 14.0. The van der Waals surface area contributed by atoms with E-state index in [2.05, 4.69) is 33.7 Å². The summed E-state index contributed by atoms with van der Waals surface area (Å²) in [6, 6.07) is 0. The molecule has 1 fully saturated rings. The highest BCUT2D eigenvalue weighted by atomic mass is 35.5. The Morgan fingerprint density at radius 2 is 1.40 bits per heavy atom. The van der Waals surface area contributed by atoms with Gasteiger partial charge >= 0.3 is 12.3 Å². The van der Waals surface area contributed by atoms with E-state index in [-0.39, 0.29) is 11.7 Å². The first-order valence-corrected chi connectivity index (χ1v) is 14.4. The van der Waals surface area contributed by atoms with Crippen molar-refractivity contribution in [3.8, 4) is 11.4 Å². The number of morpholine rings is 1. The van der Waals surface area contributed by atoms with Gasteiger partial charge in [-0.3, -0.25) is 9.36 Å². The van der Waals surface area contributed by atoms with Crippen molar-refractivity contribution in [2.45, 2.75) is 73.0 Å². The van der Waals surface area contributed by atoms with Gasteiger partial charge in [-0.15, -0.1) is 0 Å². The zero-order valence-corrected chi connectivity index (χ0v) is 27.4. The number of carbonyl (C=O) groups excluding carboxylic acids is 1. The zero-order chi connectivity index (χ0) is 34.3. The predicted molar refractivity (Wildman–Crippen MR) is 166 cm³/mol. The second-order valence-electron chi connectivity index (χ2n) is 12.4. The minimum absolute atomic E-state index is 0.135. The van der Waals surface area contributed by atoms with Gasteiger partial charge in [0.05, 0.1) is 18.8 Å². The molecular weight excluding hydrogens is 612 g/mol. The van der Waals surface area contributed by atoms with Gasteiger partial charge in [0.15, 0.2) is 22.8 Å². The number of hydrogen-bond donors (Lipinski definition) is 4. The van der Waals surface area contributed by atoms with Gasteiger partial charge in [0.2, 0.25) is 11.1 Å². The van der Waals surface area contributed by atoms with Crippen LogP contribution in [0.4, 0.5) is 15.4 Å².